The summed E-state index contributed by atoms with van der Waals surface area (Å²) in [6, 6.07) is 76.0. The lowest BCUT2D eigenvalue weighted by Gasteiger charge is -2.51. The second-order valence-electron chi connectivity index (χ2n) is 26.3. The standard InChI is InChI=1S/C28H29F3N2.C27H28Cl2N2.C25H28N2O/c29-28(30,31)24-11-6-10-22(17-24)25-12-5-4-9-23(25)18-26-27(21-13-15-33(26)16-14-21)32-19-20-7-2-1-3-8-20;28-24-11-10-22(16-25(24)29)23-9-5-4-8-21(23)17-26-27(20-12-14-31(26)15-13-20)30-18-19-6-2-1-3-7-19;1-2-7-19(8-3-1)18-26-25-20-12-14-27(15-13-20)23(25)17-21-9-4-5-10-22(21)24-11-6-16-28-24/h1-12,17,21,26-27,32H,13-16,18-19H2;1-11,16,20,26-27,30H,12-15,17-18H2;1-11,16,20,23,25-26H,12-15,17-18H2. The Kier molecular flexibility index (Phi) is 20.9. The molecule has 6 atom stereocenters. The maximum absolute atomic E-state index is 13.3. The highest BCUT2D eigenvalue weighted by atomic mass is 35.5. The van der Waals surface area contributed by atoms with Crippen LogP contribution in [0.5, 0.6) is 0 Å². The Hall–Kier alpha value is -6.83. The van der Waals surface area contributed by atoms with Gasteiger partial charge in [-0.2, -0.15) is 13.2 Å². The maximum atomic E-state index is 13.3. The van der Waals surface area contributed by atoms with Gasteiger partial charge < -0.3 is 20.4 Å². The van der Waals surface area contributed by atoms with E-state index in [1.165, 1.54) is 116 Å². The summed E-state index contributed by atoms with van der Waals surface area (Å²) in [5.74, 6) is 3.16. The summed E-state index contributed by atoms with van der Waals surface area (Å²) < 4.78 is 45.7. The van der Waals surface area contributed by atoms with Crippen LogP contribution in [0.15, 0.2) is 229 Å². The molecule has 476 valence electrons. The minimum atomic E-state index is -4.34. The molecule has 6 bridgehead atoms. The van der Waals surface area contributed by atoms with Crippen molar-refractivity contribution >= 4 is 23.2 Å². The van der Waals surface area contributed by atoms with Crippen LogP contribution in [0.3, 0.4) is 0 Å². The fourth-order valence-electron chi connectivity index (χ4n) is 16.2. The molecule has 0 radical (unpaired) electrons. The normalized spacial score (nSPS) is 25.3. The van der Waals surface area contributed by atoms with Gasteiger partial charge in [-0.25, -0.2) is 0 Å². The zero-order chi connectivity index (χ0) is 62.8. The van der Waals surface area contributed by atoms with Gasteiger partial charge in [0, 0.05) is 61.4 Å². The molecular weight excluding hydrogens is 1190 g/mol. The van der Waals surface area contributed by atoms with E-state index in [-0.39, 0.29) is 0 Å². The number of piperidine rings is 9. The largest absolute Gasteiger partial charge is 0.464 e. The van der Waals surface area contributed by atoms with Crippen LogP contribution in [-0.4, -0.2) is 90.2 Å². The summed E-state index contributed by atoms with van der Waals surface area (Å²) in [5.41, 5.74) is 12.4. The smallest absolute Gasteiger partial charge is 0.416 e. The first-order valence-corrected chi connectivity index (χ1v) is 34.3. The first kappa shape index (κ1) is 63.9. The van der Waals surface area contributed by atoms with Crippen molar-refractivity contribution in [2.24, 2.45) is 17.8 Å². The van der Waals surface area contributed by atoms with Gasteiger partial charge in [-0.15, -0.1) is 0 Å². The second kappa shape index (κ2) is 30.1. The van der Waals surface area contributed by atoms with Gasteiger partial charge in [0.1, 0.15) is 5.76 Å². The van der Waals surface area contributed by atoms with Crippen molar-refractivity contribution in [3.8, 4) is 33.6 Å². The average molecular weight is 1270 g/mol. The number of hydrogen-bond acceptors (Lipinski definition) is 7. The molecule has 9 saturated heterocycles. The van der Waals surface area contributed by atoms with Crippen molar-refractivity contribution in [2.75, 3.05) is 39.3 Å². The Morgan fingerprint density at radius 3 is 1.15 bits per heavy atom. The molecule has 6 unspecified atom stereocenters. The predicted octanol–water partition coefficient (Wildman–Crippen LogP) is 17.4. The van der Waals surface area contributed by atoms with Crippen molar-refractivity contribution in [3.63, 3.8) is 0 Å². The average Bonchev–Trinajstić information content (AvgIpc) is 1.04. The zero-order valence-corrected chi connectivity index (χ0v) is 53.9. The van der Waals surface area contributed by atoms with Gasteiger partial charge in [-0.3, -0.25) is 14.7 Å². The molecule has 10 heterocycles. The van der Waals surface area contributed by atoms with E-state index in [9.17, 15) is 13.2 Å². The number of halogens is 5. The lowest BCUT2D eigenvalue weighted by Crippen LogP contribution is -2.63. The molecule has 9 aliphatic rings. The highest BCUT2D eigenvalue weighted by Gasteiger charge is 2.45. The number of benzene rings is 8. The summed E-state index contributed by atoms with van der Waals surface area (Å²) in [7, 11) is 0. The van der Waals surface area contributed by atoms with Gasteiger partial charge in [0.25, 0.3) is 0 Å². The molecule has 3 N–H and O–H groups in total. The van der Waals surface area contributed by atoms with Gasteiger partial charge in [0.05, 0.1) is 21.9 Å². The van der Waals surface area contributed by atoms with E-state index in [2.05, 4.69) is 182 Å². The molecule has 0 saturated carbocycles. The Labute approximate surface area is 552 Å². The number of furan rings is 1. The summed E-state index contributed by atoms with van der Waals surface area (Å²) in [6.07, 6.45) is 8.03. The fraction of sp³-hybridized carbons (Fsp3) is 0.350. The Morgan fingerprint density at radius 1 is 0.380 bits per heavy atom. The molecule has 7 nitrogen and oxygen atoms in total. The number of fused-ring (bicyclic) bond motifs is 9. The molecule has 9 fully saturated rings. The summed E-state index contributed by atoms with van der Waals surface area (Å²) >= 11 is 12.5. The minimum absolute atomic E-state index is 0.341. The summed E-state index contributed by atoms with van der Waals surface area (Å²) in [4.78, 5) is 7.99. The molecule has 0 amide bonds. The SMILES string of the molecule is Clc1ccc(-c2ccccc2CC2C(NCc3ccccc3)C3CCN2CC3)cc1Cl.FC(F)(F)c1cccc(-c2ccccc2CC2C(NCc3ccccc3)C3CCN2CC3)c1.c1ccc(CNC2C3CCN(CC3)C2Cc2ccccc2-c2ccco2)cc1. The lowest BCUT2D eigenvalue weighted by molar-refractivity contribution is -0.137. The van der Waals surface area contributed by atoms with Crippen LogP contribution in [0.4, 0.5) is 13.2 Å². The van der Waals surface area contributed by atoms with E-state index in [1.54, 1.807) is 12.3 Å². The molecular formula is C80H85Cl2F3N6O. The fourth-order valence-corrected chi connectivity index (χ4v) is 16.5. The number of alkyl halides is 3. The van der Waals surface area contributed by atoms with Crippen LogP contribution in [-0.2, 0) is 45.1 Å². The first-order valence-electron chi connectivity index (χ1n) is 33.5. The van der Waals surface area contributed by atoms with Crippen LogP contribution >= 0.6 is 23.2 Å². The Balaban J connectivity index is 0.000000126. The van der Waals surface area contributed by atoms with Crippen LogP contribution in [0.25, 0.3) is 33.6 Å². The minimum Gasteiger partial charge on any atom is -0.464 e. The molecule has 12 heteroatoms. The van der Waals surface area contributed by atoms with Crippen molar-refractivity contribution in [3.05, 3.63) is 274 Å². The van der Waals surface area contributed by atoms with Crippen LogP contribution in [0.2, 0.25) is 10.0 Å². The molecule has 18 rings (SSSR count). The molecule has 0 aliphatic carbocycles. The third-order valence-electron chi connectivity index (χ3n) is 20.9. The molecule has 92 heavy (non-hydrogen) atoms. The quantitative estimate of drug-likeness (QED) is 0.0791. The number of rotatable bonds is 18. The maximum Gasteiger partial charge on any atom is 0.416 e. The van der Waals surface area contributed by atoms with Crippen LogP contribution in [0.1, 0.15) is 77.5 Å². The highest BCUT2D eigenvalue weighted by Crippen LogP contribution is 2.41. The number of nitrogens with zero attached hydrogens (tertiary/aromatic N) is 3. The van der Waals surface area contributed by atoms with E-state index >= 15 is 0 Å². The van der Waals surface area contributed by atoms with E-state index in [4.69, 9.17) is 27.6 Å². The third kappa shape index (κ3) is 15.4. The van der Waals surface area contributed by atoms with Crippen LogP contribution in [0, 0.1) is 17.8 Å². The monoisotopic (exact) mass is 1270 g/mol. The summed E-state index contributed by atoms with van der Waals surface area (Å²) in [6.45, 7) is 9.83. The van der Waals surface area contributed by atoms with Gasteiger partial charge in [-0.1, -0.05) is 205 Å². The molecule has 0 spiro atoms. The van der Waals surface area contributed by atoms with Crippen LogP contribution < -0.4 is 16.0 Å². The van der Waals surface area contributed by atoms with Crippen molar-refractivity contribution < 1.29 is 17.6 Å². The Morgan fingerprint density at radius 2 is 0.761 bits per heavy atom. The van der Waals surface area contributed by atoms with E-state index < -0.39 is 11.7 Å². The molecule has 8 aromatic carbocycles. The molecule has 9 aliphatic heterocycles. The topological polar surface area (TPSA) is 59.0 Å². The van der Waals surface area contributed by atoms with Crippen molar-refractivity contribution in [2.45, 2.75) is 120 Å². The third-order valence-corrected chi connectivity index (χ3v) is 21.6. The van der Waals surface area contributed by atoms with Gasteiger partial charge in [-0.05, 0) is 207 Å². The second-order valence-corrected chi connectivity index (χ2v) is 27.1. The van der Waals surface area contributed by atoms with E-state index in [0.29, 0.717) is 57.8 Å². The number of hydrogen-bond donors (Lipinski definition) is 3. The Bertz CT molecular complexity index is 3770. The summed E-state index contributed by atoms with van der Waals surface area (Å²) in [5, 5.41) is 12.9. The number of nitrogens with one attached hydrogen (secondary N) is 3. The van der Waals surface area contributed by atoms with Gasteiger partial charge in [0.2, 0.25) is 0 Å². The van der Waals surface area contributed by atoms with E-state index in [1.807, 2.05) is 42.5 Å². The molecule has 1 aromatic heterocycles. The molecule has 9 aromatic rings. The predicted molar refractivity (Wildman–Crippen MR) is 369 cm³/mol. The lowest BCUT2D eigenvalue weighted by atomic mass is 9.76. The van der Waals surface area contributed by atoms with Crippen molar-refractivity contribution in [1.82, 2.24) is 30.7 Å². The zero-order valence-electron chi connectivity index (χ0n) is 52.4. The van der Waals surface area contributed by atoms with Gasteiger partial charge >= 0.3 is 6.18 Å². The van der Waals surface area contributed by atoms with E-state index in [0.717, 1.165) is 92.3 Å². The van der Waals surface area contributed by atoms with Gasteiger partial charge in [0.15, 0.2) is 0 Å². The highest BCUT2D eigenvalue weighted by molar-refractivity contribution is 6.42. The first-order chi connectivity index (χ1) is 45.1. The van der Waals surface area contributed by atoms with Crippen molar-refractivity contribution in [1.29, 1.82) is 0 Å².